The Balaban J connectivity index is 2.33. The molecular formula is C9H13ClN2O. The molecule has 1 rings (SSSR count). The summed E-state index contributed by atoms with van der Waals surface area (Å²) >= 11 is 5.67. The third-order valence-corrected chi connectivity index (χ3v) is 1.82. The van der Waals surface area contributed by atoms with Gasteiger partial charge in [-0.05, 0) is 25.5 Å². The van der Waals surface area contributed by atoms with Crippen molar-refractivity contribution in [2.45, 2.75) is 19.4 Å². The van der Waals surface area contributed by atoms with Crippen molar-refractivity contribution in [2.24, 2.45) is 0 Å². The van der Waals surface area contributed by atoms with Crippen LogP contribution >= 0.6 is 11.6 Å². The summed E-state index contributed by atoms with van der Waals surface area (Å²) in [6.07, 6.45) is 2.02. The molecule has 0 saturated carbocycles. The summed E-state index contributed by atoms with van der Waals surface area (Å²) in [6.45, 7) is 2.48. The molecule has 1 aromatic rings. The fraction of sp³-hybridized carbons (Fsp3) is 0.444. The predicted molar refractivity (Wildman–Crippen MR) is 54.0 cm³/mol. The Morgan fingerprint density at radius 2 is 2.38 bits per heavy atom. The van der Waals surface area contributed by atoms with E-state index in [0.717, 1.165) is 5.82 Å². The number of pyridine rings is 1. The molecule has 0 amide bonds. The van der Waals surface area contributed by atoms with Crippen molar-refractivity contribution in [3.8, 4) is 0 Å². The van der Waals surface area contributed by atoms with Gasteiger partial charge in [0.05, 0.1) is 11.1 Å². The molecule has 0 aliphatic heterocycles. The van der Waals surface area contributed by atoms with Gasteiger partial charge in [0.25, 0.3) is 0 Å². The Morgan fingerprint density at radius 1 is 1.62 bits per heavy atom. The molecule has 0 saturated heterocycles. The van der Waals surface area contributed by atoms with E-state index in [1.54, 1.807) is 19.2 Å². The van der Waals surface area contributed by atoms with Gasteiger partial charge in [-0.25, -0.2) is 4.98 Å². The summed E-state index contributed by atoms with van der Waals surface area (Å²) in [5, 5.41) is 12.7. The first-order valence-corrected chi connectivity index (χ1v) is 4.60. The second-order valence-electron chi connectivity index (χ2n) is 2.93. The molecule has 1 aromatic heterocycles. The standard InChI is InChI=1S/C9H13ClN2O/c1-7(13)4-5-11-9-3-2-8(10)6-12-9/h2-3,6-7,13H,4-5H2,1H3,(H,11,12)/t7-/m0/s1. The lowest BCUT2D eigenvalue weighted by molar-refractivity contribution is 0.188. The number of hydrogen-bond donors (Lipinski definition) is 2. The number of nitrogens with one attached hydrogen (secondary N) is 1. The molecule has 0 radical (unpaired) electrons. The van der Waals surface area contributed by atoms with Crippen LogP contribution in [0.1, 0.15) is 13.3 Å². The Morgan fingerprint density at radius 3 is 2.92 bits per heavy atom. The molecule has 0 spiro atoms. The van der Waals surface area contributed by atoms with Gasteiger partial charge in [0.2, 0.25) is 0 Å². The first-order valence-electron chi connectivity index (χ1n) is 4.22. The third kappa shape index (κ3) is 4.10. The Bertz CT molecular complexity index is 248. The summed E-state index contributed by atoms with van der Waals surface area (Å²) in [4.78, 5) is 4.05. The van der Waals surface area contributed by atoms with Crippen LogP contribution in [0.4, 0.5) is 5.82 Å². The lowest BCUT2D eigenvalue weighted by Crippen LogP contribution is -2.10. The van der Waals surface area contributed by atoms with Crippen LogP contribution in [0, 0.1) is 0 Å². The highest BCUT2D eigenvalue weighted by molar-refractivity contribution is 6.30. The van der Waals surface area contributed by atoms with E-state index in [-0.39, 0.29) is 6.10 Å². The molecule has 0 aliphatic rings. The zero-order valence-electron chi connectivity index (χ0n) is 7.50. The molecule has 0 bridgehead atoms. The molecule has 0 aliphatic carbocycles. The van der Waals surface area contributed by atoms with Gasteiger partial charge in [-0.3, -0.25) is 0 Å². The van der Waals surface area contributed by atoms with Gasteiger partial charge in [0, 0.05) is 12.7 Å². The average molecular weight is 201 g/mol. The number of aromatic nitrogens is 1. The van der Waals surface area contributed by atoms with E-state index in [4.69, 9.17) is 16.7 Å². The fourth-order valence-corrected chi connectivity index (χ4v) is 1.00. The Hall–Kier alpha value is -0.800. The predicted octanol–water partition coefficient (Wildman–Crippen LogP) is 1.92. The first-order chi connectivity index (χ1) is 6.18. The molecule has 3 nitrogen and oxygen atoms in total. The molecule has 13 heavy (non-hydrogen) atoms. The van der Waals surface area contributed by atoms with Crippen LogP contribution in [0.3, 0.4) is 0 Å². The summed E-state index contributed by atoms with van der Waals surface area (Å²) in [5.41, 5.74) is 0. The normalized spacial score (nSPS) is 12.5. The van der Waals surface area contributed by atoms with Crippen LogP contribution in [0.5, 0.6) is 0 Å². The van der Waals surface area contributed by atoms with Crippen molar-refractivity contribution in [1.82, 2.24) is 4.98 Å². The van der Waals surface area contributed by atoms with Crippen molar-refractivity contribution >= 4 is 17.4 Å². The highest BCUT2D eigenvalue weighted by Gasteiger charge is 1.96. The lowest BCUT2D eigenvalue weighted by Gasteiger charge is -2.06. The van der Waals surface area contributed by atoms with Gasteiger partial charge >= 0.3 is 0 Å². The van der Waals surface area contributed by atoms with Crippen LogP contribution in [0.25, 0.3) is 0 Å². The number of aliphatic hydroxyl groups is 1. The van der Waals surface area contributed by atoms with Crippen LogP contribution in [-0.2, 0) is 0 Å². The number of hydrogen-bond acceptors (Lipinski definition) is 3. The number of anilines is 1. The van der Waals surface area contributed by atoms with Gasteiger partial charge in [0.1, 0.15) is 5.82 Å². The van der Waals surface area contributed by atoms with Gasteiger partial charge in [-0.2, -0.15) is 0 Å². The summed E-state index contributed by atoms with van der Waals surface area (Å²) in [6, 6.07) is 3.59. The highest BCUT2D eigenvalue weighted by Crippen LogP contribution is 2.09. The van der Waals surface area contributed by atoms with E-state index in [1.807, 2.05) is 6.07 Å². The molecule has 72 valence electrons. The molecule has 0 fully saturated rings. The van der Waals surface area contributed by atoms with Gasteiger partial charge in [-0.15, -0.1) is 0 Å². The van der Waals surface area contributed by atoms with Crippen molar-refractivity contribution in [3.05, 3.63) is 23.4 Å². The second-order valence-corrected chi connectivity index (χ2v) is 3.36. The summed E-state index contributed by atoms with van der Waals surface area (Å²) < 4.78 is 0. The summed E-state index contributed by atoms with van der Waals surface area (Å²) in [5.74, 6) is 0.782. The minimum absolute atomic E-state index is 0.278. The molecule has 4 heteroatoms. The zero-order chi connectivity index (χ0) is 9.68. The average Bonchev–Trinajstić information content (AvgIpc) is 2.08. The zero-order valence-corrected chi connectivity index (χ0v) is 8.25. The highest BCUT2D eigenvalue weighted by atomic mass is 35.5. The van der Waals surface area contributed by atoms with Crippen LogP contribution < -0.4 is 5.32 Å². The van der Waals surface area contributed by atoms with Crippen molar-refractivity contribution < 1.29 is 5.11 Å². The monoisotopic (exact) mass is 200 g/mol. The number of nitrogens with zero attached hydrogens (tertiary/aromatic N) is 1. The van der Waals surface area contributed by atoms with E-state index in [0.29, 0.717) is 18.0 Å². The van der Waals surface area contributed by atoms with Crippen LogP contribution in [-0.4, -0.2) is 22.7 Å². The second kappa shape index (κ2) is 5.04. The smallest absolute Gasteiger partial charge is 0.125 e. The maximum Gasteiger partial charge on any atom is 0.125 e. The van der Waals surface area contributed by atoms with Crippen molar-refractivity contribution in [2.75, 3.05) is 11.9 Å². The van der Waals surface area contributed by atoms with E-state index < -0.39 is 0 Å². The molecule has 0 aromatic carbocycles. The van der Waals surface area contributed by atoms with Gasteiger partial charge in [0.15, 0.2) is 0 Å². The van der Waals surface area contributed by atoms with Gasteiger partial charge < -0.3 is 10.4 Å². The van der Waals surface area contributed by atoms with E-state index in [9.17, 15) is 0 Å². The van der Waals surface area contributed by atoms with Crippen LogP contribution in [0.2, 0.25) is 5.02 Å². The van der Waals surface area contributed by atoms with Crippen molar-refractivity contribution in [1.29, 1.82) is 0 Å². The molecule has 2 N–H and O–H groups in total. The maximum absolute atomic E-state index is 8.99. The van der Waals surface area contributed by atoms with Gasteiger partial charge in [-0.1, -0.05) is 11.6 Å². The lowest BCUT2D eigenvalue weighted by atomic mass is 10.3. The molecule has 1 heterocycles. The quantitative estimate of drug-likeness (QED) is 0.781. The van der Waals surface area contributed by atoms with E-state index >= 15 is 0 Å². The van der Waals surface area contributed by atoms with Crippen LogP contribution in [0.15, 0.2) is 18.3 Å². The summed E-state index contributed by atoms with van der Waals surface area (Å²) in [7, 11) is 0. The van der Waals surface area contributed by atoms with Crippen molar-refractivity contribution in [3.63, 3.8) is 0 Å². The minimum atomic E-state index is -0.278. The molecular weight excluding hydrogens is 188 g/mol. The Labute approximate surface area is 82.8 Å². The third-order valence-electron chi connectivity index (χ3n) is 1.60. The largest absolute Gasteiger partial charge is 0.393 e. The number of aliphatic hydroxyl groups excluding tert-OH is 1. The molecule has 1 atom stereocenters. The minimum Gasteiger partial charge on any atom is -0.393 e. The maximum atomic E-state index is 8.99. The first kappa shape index (κ1) is 10.3. The van der Waals surface area contributed by atoms with E-state index in [2.05, 4.69) is 10.3 Å². The fourth-order valence-electron chi connectivity index (χ4n) is 0.890. The molecule has 0 unspecified atom stereocenters. The topological polar surface area (TPSA) is 45.1 Å². The Kier molecular flexibility index (Phi) is 3.99. The van der Waals surface area contributed by atoms with E-state index in [1.165, 1.54) is 0 Å². The number of rotatable bonds is 4. The number of halogens is 1. The SMILES string of the molecule is C[C@H](O)CCNc1ccc(Cl)cn1.